The fourth-order valence-electron chi connectivity index (χ4n) is 3.49. The molecule has 23 heavy (non-hydrogen) atoms. The van der Waals surface area contributed by atoms with Crippen LogP contribution >= 0.6 is 0 Å². The highest BCUT2D eigenvalue weighted by atomic mass is 16.5. The minimum absolute atomic E-state index is 0.0328. The second kappa shape index (κ2) is 7.31. The summed E-state index contributed by atoms with van der Waals surface area (Å²) in [6.07, 6.45) is 2.11. The van der Waals surface area contributed by atoms with Crippen LogP contribution in [-0.2, 0) is 11.3 Å². The quantitative estimate of drug-likeness (QED) is 0.872. The maximum absolute atomic E-state index is 12.3. The van der Waals surface area contributed by atoms with E-state index >= 15 is 0 Å². The van der Waals surface area contributed by atoms with Crippen LogP contribution in [-0.4, -0.2) is 71.5 Å². The van der Waals surface area contributed by atoms with Crippen LogP contribution in [0.1, 0.15) is 29.8 Å². The zero-order chi connectivity index (χ0) is 16.2. The zero-order valence-corrected chi connectivity index (χ0v) is 14.1. The molecule has 0 spiro atoms. The number of nitrogens with zero attached hydrogens (tertiary/aromatic N) is 3. The first-order valence-corrected chi connectivity index (χ1v) is 8.50. The number of urea groups is 1. The van der Waals surface area contributed by atoms with Gasteiger partial charge in [-0.2, -0.15) is 5.10 Å². The molecule has 2 aliphatic rings. The average molecular weight is 321 g/mol. The number of likely N-dealkylation sites (tertiary alicyclic amines) is 1. The molecule has 2 amide bonds. The number of morpholine rings is 1. The number of H-pyrrole nitrogens is 1. The standard InChI is InChI=1S/C16H27N5O2/c1-12-15(13(2)19-18-12)11-17-16(22)21-5-3-14(4-6-21)20-7-9-23-10-8-20/h14H,3-11H2,1-2H3,(H,17,22)(H,18,19). The molecule has 3 heterocycles. The highest BCUT2D eigenvalue weighted by Gasteiger charge is 2.27. The van der Waals surface area contributed by atoms with Gasteiger partial charge in [0.1, 0.15) is 0 Å². The van der Waals surface area contributed by atoms with Gasteiger partial charge in [0.2, 0.25) is 0 Å². The van der Waals surface area contributed by atoms with E-state index in [0.717, 1.165) is 69.2 Å². The smallest absolute Gasteiger partial charge is 0.317 e. The Morgan fingerprint density at radius 2 is 1.96 bits per heavy atom. The lowest BCUT2D eigenvalue weighted by molar-refractivity contribution is 0.00380. The molecule has 1 aromatic rings. The molecule has 0 atom stereocenters. The molecule has 2 aliphatic heterocycles. The van der Waals surface area contributed by atoms with E-state index < -0.39 is 0 Å². The molecular formula is C16H27N5O2. The fraction of sp³-hybridized carbons (Fsp3) is 0.750. The number of nitrogens with one attached hydrogen (secondary N) is 2. The van der Waals surface area contributed by atoms with Gasteiger partial charge in [0.15, 0.2) is 0 Å². The molecule has 0 unspecified atom stereocenters. The number of piperidine rings is 1. The van der Waals surface area contributed by atoms with E-state index in [9.17, 15) is 4.79 Å². The predicted molar refractivity (Wildman–Crippen MR) is 87.3 cm³/mol. The molecule has 0 bridgehead atoms. The van der Waals surface area contributed by atoms with Crippen molar-refractivity contribution >= 4 is 6.03 Å². The summed E-state index contributed by atoms with van der Waals surface area (Å²) < 4.78 is 5.41. The van der Waals surface area contributed by atoms with Crippen LogP contribution < -0.4 is 5.32 Å². The lowest BCUT2D eigenvalue weighted by atomic mass is 10.0. The molecule has 128 valence electrons. The van der Waals surface area contributed by atoms with Gasteiger partial charge in [-0.15, -0.1) is 0 Å². The Morgan fingerprint density at radius 1 is 1.26 bits per heavy atom. The molecule has 7 heteroatoms. The van der Waals surface area contributed by atoms with E-state index in [1.165, 1.54) is 0 Å². The third-order valence-electron chi connectivity index (χ3n) is 5.01. The zero-order valence-electron chi connectivity index (χ0n) is 14.1. The van der Waals surface area contributed by atoms with Crippen molar-refractivity contribution in [3.8, 4) is 0 Å². The summed E-state index contributed by atoms with van der Waals surface area (Å²) in [7, 11) is 0. The number of carbonyl (C=O) groups excluding carboxylic acids is 1. The van der Waals surface area contributed by atoms with Crippen LogP contribution in [0.25, 0.3) is 0 Å². The van der Waals surface area contributed by atoms with Gasteiger partial charge in [-0.05, 0) is 26.7 Å². The molecule has 2 fully saturated rings. The number of carbonyl (C=O) groups is 1. The first-order chi connectivity index (χ1) is 11.1. The minimum atomic E-state index is 0.0328. The number of aromatic nitrogens is 2. The van der Waals surface area contributed by atoms with Crippen LogP contribution in [0, 0.1) is 13.8 Å². The summed E-state index contributed by atoms with van der Waals surface area (Å²) in [4.78, 5) is 16.8. The van der Waals surface area contributed by atoms with Crippen molar-refractivity contribution in [1.82, 2.24) is 25.3 Å². The van der Waals surface area contributed by atoms with E-state index in [1.54, 1.807) is 0 Å². The molecule has 1 aromatic heterocycles. The average Bonchev–Trinajstić information content (AvgIpc) is 2.92. The Kier molecular flexibility index (Phi) is 5.17. The van der Waals surface area contributed by atoms with Crippen LogP contribution in [0.5, 0.6) is 0 Å². The molecule has 0 aromatic carbocycles. The second-order valence-corrected chi connectivity index (χ2v) is 6.44. The summed E-state index contributed by atoms with van der Waals surface area (Å²) in [5.74, 6) is 0. The van der Waals surface area contributed by atoms with Crippen LogP contribution in [0.2, 0.25) is 0 Å². The molecule has 0 aliphatic carbocycles. The van der Waals surface area contributed by atoms with E-state index in [0.29, 0.717) is 12.6 Å². The molecule has 7 nitrogen and oxygen atoms in total. The Hall–Kier alpha value is -1.60. The Labute approximate surface area is 137 Å². The Bertz CT molecular complexity index is 511. The van der Waals surface area contributed by atoms with Crippen LogP contribution in [0.15, 0.2) is 0 Å². The third kappa shape index (κ3) is 3.84. The third-order valence-corrected chi connectivity index (χ3v) is 5.01. The predicted octanol–water partition coefficient (Wildman–Crippen LogP) is 1.03. The van der Waals surface area contributed by atoms with Crippen LogP contribution in [0.3, 0.4) is 0 Å². The van der Waals surface area contributed by atoms with Crippen molar-refractivity contribution in [2.24, 2.45) is 0 Å². The number of aryl methyl sites for hydroxylation is 2. The largest absolute Gasteiger partial charge is 0.379 e. The summed E-state index contributed by atoms with van der Waals surface area (Å²) in [5, 5.41) is 10.1. The van der Waals surface area contributed by atoms with Gasteiger partial charge in [-0.1, -0.05) is 0 Å². The van der Waals surface area contributed by atoms with Gasteiger partial charge in [0, 0.05) is 50.0 Å². The van der Waals surface area contributed by atoms with Crippen molar-refractivity contribution in [3.05, 3.63) is 17.0 Å². The number of amides is 2. The normalized spacial score (nSPS) is 20.7. The maximum Gasteiger partial charge on any atom is 0.317 e. The molecule has 2 N–H and O–H groups in total. The fourth-order valence-corrected chi connectivity index (χ4v) is 3.49. The van der Waals surface area contributed by atoms with Crippen LogP contribution in [0.4, 0.5) is 4.79 Å². The molecule has 0 radical (unpaired) electrons. The van der Waals surface area contributed by atoms with Gasteiger partial charge < -0.3 is 15.0 Å². The first-order valence-electron chi connectivity index (χ1n) is 8.50. The second-order valence-electron chi connectivity index (χ2n) is 6.44. The molecular weight excluding hydrogens is 294 g/mol. The first kappa shape index (κ1) is 16.3. The highest BCUT2D eigenvalue weighted by Crippen LogP contribution is 2.18. The van der Waals surface area contributed by atoms with Gasteiger partial charge in [0.05, 0.1) is 18.9 Å². The number of aromatic amines is 1. The maximum atomic E-state index is 12.3. The summed E-state index contributed by atoms with van der Waals surface area (Å²) in [6.45, 7) is 9.86. The SMILES string of the molecule is Cc1n[nH]c(C)c1CNC(=O)N1CCC(N2CCOCC2)CC1. The monoisotopic (exact) mass is 321 g/mol. The number of rotatable bonds is 3. The number of ether oxygens (including phenoxy) is 1. The summed E-state index contributed by atoms with van der Waals surface area (Å²) >= 11 is 0. The van der Waals surface area contributed by atoms with Crippen molar-refractivity contribution in [1.29, 1.82) is 0 Å². The van der Waals surface area contributed by atoms with Gasteiger partial charge >= 0.3 is 6.03 Å². The number of hydrogen-bond acceptors (Lipinski definition) is 4. The van der Waals surface area contributed by atoms with Gasteiger partial charge in [0.25, 0.3) is 0 Å². The van der Waals surface area contributed by atoms with Crippen molar-refractivity contribution in [3.63, 3.8) is 0 Å². The van der Waals surface area contributed by atoms with E-state index in [4.69, 9.17) is 4.74 Å². The van der Waals surface area contributed by atoms with Crippen molar-refractivity contribution in [2.45, 2.75) is 39.3 Å². The summed E-state index contributed by atoms with van der Waals surface area (Å²) in [5.41, 5.74) is 3.06. The number of hydrogen-bond donors (Lipinski definition) is 2. The van der Waals surface area contributed by atoms with E-state index in [-0.39, 0.29) is 6.03 Å². The van der Waals surface area contributed by atoms with Gasteiger partial charge in [-0.3, -0.25) is 10.00 Å². The van der Waals surface area contributed by atoms with E-state index in [1.807, 2.05) is 18.7 Å². The van der Waals surface area contributed by atoms with E-state index in [2.05, 4.69) is 20.4 Å². The topological polar surface area (TPSA) is 73.5 Å². The molecule has 3 rings (SSSR count). The Balaban J connectivity index is 1.44. The highest BCUT2D eigenvalue weighted by molar-refractivity contribution is 5.74. The summed E-state index contributed by atoms with van der Waals surface area (Å²) in [6, 6.07) is 0.631. The minimum Gasteiger partial charge on any atom is -0.379 e. The molecule has 2 saturated heterocycles. The van der Waals surface area contributed by atoms with Crippen molar-refractivity contribution < 1.29 is 9.53 Å². The molecule has 0 saturated carbocycles. The van der Waals surface area contributed by atoms with Crippen molar-refractivity contribution in [2.75, 3.05) is 39.4 Å². The Morgan fingerprint density at radius 3 is 2.57 bits per heavy atom. The lowest BCUT2D eigenvalue weighted by Gasteiger charge is -2.40. The lowest BCUT2D eigenvalue weighted by Crippen LogP contribution is -2.51. The van der Waals surface area contributed by atoms with Gasteiger partial charge in [-0.25, -0.2) is 4.79 Å².